The Morgan fingerprint density at radius 3 is 3.00 bits per heavy atom. The summed E-state index contributed by atoms with van der Waals surface area (Å²) >= 11 is 5.09. The van der Waals surface area contributed by atoms with Gasteiger partial charge in [0.25, 0.3) is 0 Å². The third-order valence-electron chi connectivity index (χ3n) is 1.75. The molecule has 2 aromatic rings. The molecule has 0 fully saturated rings. The van der Waals surface area contributed by atoms with Gasteiger partial charge in [0.05, 0.1) is 5.52 Å². The molecule has 1 aromatic heterocycles. The fourth-order valence-corrected chi connectivity index (χ4v) is 2.43. The van der Waals surface area contributed by atoms with Crippen molar-refractivity contribution < 1.29 is 0 Å². The van der Waals surface area contributed by atoms with E-state index in [-0.39, 0.29) is 0 Å². The van der Waals surface area contributed by atoms with Crippen molar-refractivity contribution in [2.45, 2.75) is 4.90 Å². The summed E-state index contributed by atoms with van der Waals surface area (Å²) in [5, 5.41) is 0. The predicted octanol–water partition coefficient (Wildman–Crippen LogP) is 2.63. The number of fused-ring (bicyclic) bond motifs is 1. The number of halogens is 1. The lowest BCUT2D eigenvalue weighted by molar-refractivity contribution is 1.34. The van der Waals surface area contributed by atoms with Gasteiger partial charge in [-0.25, -0.2) is 4.98 Å². The van der Waals surface area contributed by atoms with E-state index in [1.807, 2.05) is 18.4 Å². The van der Waals surface area contributed by atoms with E-state index < -0.39 is 0 Å². The highest BCUT2D eigenvalue weighted by Crippen LogP contribution is 2.29. The number of thioether (sulfide) groups is 1. The molecule has 1 heterocycles. The molecular weight excluding hydrogens is 250 g/mol. The Labute approximate surface area is 88.2 Å². The van der Waals surface area contributed by atoms with Gasteiger partial charge < -0.3 is 10.7 Å². The minimum Gasteiger partial charge on any atom is -0.369 e. The molecule has 0 aliphatic rings. The average Bonchev–Trinajstić information content (AvgIpc) is 2.43. The molecule has 0 amide bonds. The average molecular weight is 258 g/mol. The van der Waals surface area contributed by atoms with E-state index >= 15 is 0 Å². The Balaban J connectivity index is 2.80. The number of hydrogen-bond donors (Lipinski definition) is 2. The van der Waals surface area contributed by atoms with Crippen molar-refractivity contribution in [1.82, 2.24) is 9.97 Å². The Morgan fingerprint density at radius 1 is 1.54 bits per heavy atom. The molecule has 0 spiro atoms. The summed E-state index contributed by atoms with van der Waals surface area (Å²) in [5.74, 6) is 0.461. The van der Waals surface area contributed by atoms with Crippen LogP contribution in [0.4, 0.5) is 5.95 Å². The van der Waals surface area contributed by atoms with Gasteiger partial charge in [-0.15, -0.1) is 11.8 Å². The zero-order chi connectivity index (χ0) is 9.42. The summed E-state index contributed by atoms with van der Waals surface area (Å²) < 4.78 is 1.04. The number of nitrogen functional groups attached to an aromatic ring is 1. The highest BCUT2D eigenvalue weighted by molar-refractivity contribution is 9.10. The van der Waals surface area contributed by atoms with Crippen molar-refractivity contribution >= 4 is 44.7 Å². The highest BCUT2D eigenvalue weighted by atomic mass is 79.9. The van der Waals surface area contributed by atoms with Gasteiger partial charge in [0.1, 0.15) is 5.52 Å². The second kappa shape index (κ2) is 3.23. The number of H-pyrrole nitrogens is 1. The smallest absolute Gasteiger partial charge is 0.198 e. The van der Waals surface area contributed by atoms with Crippen LogP contribution in [0.3, 0.4) is 0 Å². The molecule has 68 valence electrons. The van der Waals surface area contributed by atoms with Crippen molar-refractivity contribution in [2.24, 2.45) is 0 Å². The largest absolute Gasteiger partial charge is 0.369 e. The quantitative estimate of drug-likeness (QED) is 0.773. The number of nitrogens with one attached hydrogen (secondary N) is 1. The molecule has 0 aliphatic carbocycles. The first-order chi connectivity index (χ1) is 6.20. The third-order valence-corrected chi connectivity index (χ3v) is 2.96. The maximum atomic E-state index is 5.57. The second-order valence-electron chi connectivity index (χ2n) is 2.63. The van der Waals surface area contributed by atoms with Gasteiger partial charge in [-0.2, -0.15) is 0 Å². The van der Waals surface area contributed by atoms with Gasteiger partial charge in [-0.3, -0.25) is 0 Å². The van der Waals surface area contributed by atoms with Crippen molar-refractivity contribution in [1.29, 1.82) is 0 Å². The maximum absolute atomic E-state index is 5.57. The van der Waals surface area contributed by atoms with E-state index in [2.05, 4.69) is 25.9 Å². The Hall–Kier alpha value is -0.680. The lowest BCUT2D eigenvalue weighted by Gasteiger charge is -1.97. The van der Waals surface area contributed by atoms with Gasteiger partial charge in [-0.1, -0.05) is 15.9 Å². The summed E-state index contributed by atoms with van der Waals surface area (Å²) in [7, 11) is 0. The molecule has 5 heteroatoms. The molecule has 0 radical (unpaired) electrons. The van der Waals surface area contributed by atoms with Gasteiger partial charge in [0.15, 0.2) is 5.95 Å². The molecular formula is C8H8BrN3S. The number of hydrogen-bond acceptors (Lipinski definition) is 3. The minimum absolute atomic E-state index is 0.461. The summed E-state index contributed by atoms with van der Waals surface area (Å²) in [4.78, 5) is 8.33. The number of benzene rings is 1. The molecule has 13 heavy (non-hydrogen) atoms. The van der Waals surface area contributed by atoms with Gasteiger partial charge in [0, 0.05) is 9.37 Å². The monoisotopic (exact) mass is 257 g/mol. The zero-order valence-corrected chi connectivity index (χ0v) is 9.37. The van der Waals surface area contributed by atoms with Crippen LogP contribution in [-0.4, -0.2) is 16.2 Å². The van der Waals surface area contributed by atoms with Crippen LogP contribution in [0, 0.1) is 0 Å². The lowest BCUT2D eigenvalue weighted by Crippen LogP contribution is -1.84. The number of aromatic amines is 1. The summed E-state index contributed by atoms with van der Waals surface area (Å²) in [6.45, 7) is 0. The van der Waals surface area contributed by atoms with Gasteiger partial charge >= 0.3 is 0 Å². The van der Waals surface area contributed by atoms with Crippen molar-refractivity contribution in [3.05, 3.63) is 16.6 Å². The van der Waals surface area contributed by atoms with Crippen LogP contribution >= 0.6 is 27.7 Å². The maximum Gasteiger partial charge on any atom is 0.198 e. The van der Waals surface area contributed by atoms with Gasteiger partial charge in [-0.05, 0) is 18.4 Å². The first kappa shape index (κ1) is 8.90. The summed E-state index contributed by atoms with van der Waals surface area (Å²) in [5.41, 5.74) is 7.48. The van der Waals surface area contributed by atoms with E-state index in [0.717, 1.165) is 20.4 Å². The van der Waals surface area contributed by atoms with Crippen LogP contribution in [0.25, 0.3) is 11.0 Å². The number of imidazole rings is 1. The topological polar surface area (TPSA) is 54.7 Å². The summed E-state index contributed by atoms with van der Waals surface area (Å²) in [6, 6.07) is 4.01. The van der Waals surface area contributed by atoms with E-state index in [4.69, 9.17) is 5.73 Å². The van der Waals surface area contributed by atoms with E-state index in [1.54, 1.807) is 11.8 Å². The Morgan fingerprint density at radius 2 is 2.31 bits per heavy atom. The molecule has 3 N–H and O–H groups in total. The van der Waals surface area contributed by atoms with Crippen LogP contribution in [0.1, 0.15) is 0 Å². The highest BCUT2D eigenvalue weighted by Gasteiger charge is 2.06. The molecule has 1 aromatic carbocycles. The Kier molecular flexibility index (Phi) is 2.21. The normalized spacial score (nSPS) is 10.9. The zero-order valence-electron chi connectivity index (χ0n) is 6.97. The molecule has 0 atom stereocenters. The number of aromatic nitrogens is 2. The standard InChI is InChI=1S/C8H8BrN3S/c1-13-6-3-4(9)2-5-7(6)12-8(10)11-5/h2-3H,1H3,(H3,10,11,12). The Bertz CT molecular complexity index is 452. The van der Waals surface area contributed by atoms with E-state index in [0.29, 0.717) is 5.95 Å². The predicted molar refractivity (Wildman–Crippen MR) is 60.0 cm³/mol. The summed E-state index contributed by atoms with van der Waals surface area (Å²) in [6.07, 6.45) is 2.02. The lowest BCUT2D eigenvalue weighted by atomic mass is 10.3. The molecule has 0 aliphatic heterocycles. The molecule has 0 bridgehead atoms. The molecule has 0 unspecified atom stereocenters. The molecule has 3 nitrogen and oxygen atoms in total. The van der Waals surface area contributed by atoms with Crippen LogP contribution in [0.5, 0.6) is 0 Å². The van der Waals surface area contributed by atoms with E-state index in [1.165, 1.54) is 0 Å². The number of nitrogens with zero attached hydrogens (tertiary/aromatic N) is 1. The van der Waals surface area contributed by atoms with Crippen LogP contribution < -0.4 is 5.73 Å². The van der Waals surface area contributed by atoms with E-state index in [9.17, 15) is 0 Å². The second-order valence-corrected chi connectivity index (χ2v) is 4.39. The molecule has 0 saturated heterocycles. The van der Waals surface area contributed by atoms with Crippen molar-refractivity contribution in [3.8, 4) is 0 Å². The minimum atomic E-state index is 0.461. The van der Waals surface area contributed by atoms with Crippen molar-refractivity contribution in [3.63, 3.8) is 0 Å². The van der Waals surface area contributed by atoms with Crippen LogP contribution in [-0.2, 0) is 0 Å². The SMILES string of the molecule is CSc1cc(Br)cc2[nH]c(N)nc12. The van der Waals surface area contributed by atoms with Crippen molar-refractivity contribution in [2.75, 3.05) is 12.0 Å². The van der Waals surface area contributed by atoms with Gasteiger partial charge in [0.2, 0.25) is 0 Å². The fourth-order valence-electron chi connectivity index (χ4n) is 1.23. The molecule has 2 rings (SSSR count). The third kappa shape index (κ3) is 1.53. The number of nitrogens with two attached hydrogens (primary N) is 1. The first-order valence-electron chi connectivity index (χ1n) is 3.69. The number of rotatable bonds is 1. The molecule has 0 saturated carbocycles. The van der Waals surface area contributed by atoms with Crippen LogP contribution in [0.15, 0.2) is 21.5 Å². The fraction of sp³-hybridized carbons (Fsp3) is 0.125. The van der Waals surface area contributed by atoms with Crippen LogP contribution in [0.2, 0.25) is 0 Å². The number of anilines is 1. The first-order valence-corrected chi connectivity index (χ1v) is 5.71.